The quantitative estimate of drug-likeness (QED) is 0.546. The fourth-order valence-corrected chi connectivity index (χ4v) is 0.630. The summed E-state index contributed by atoms with van der Waals surface area (Å²) < 4.78 is 7.15. The molecule has 0 aromatic carbocycles. The Kier molecular flexibility index (Phi) is 5.29. The molecule has 0 aliphatic rings. The molecule has 0 heterocycles. The topological polar surface area (TPSA) is 20.2 Å². The maximum Gasteiger partial charge on any atom is 0.0431 e. The van der Waals surface area contributed by atoms with Crippen LogP contribution in [0, 0.1) is 0 Å². The van der Waals surface area contributed by atoms with Gasteiger partial charge in [-0.2, -0.15) is 0 Å². The highest BCUT2D eigenvalue weighted by atomic mass is 16.2. The second-order valence-electron chi connectivity index (χ2n) is 1.97. The fraction of sp³-hybridized carbons (Fsp3) is 1.00. The molecule has 0 rings (SSSR count). The molecule has 0 aromatic rings. The first-order valence-electron chi connectivity index (χ1n) is 3.92. The zero-order valence-corrected chi connectivity index (χ0v) is 5.56. The van der Waals surface area contributed by atoms with Crippen LogP contribution in [0.5, 0.6) is 0 Å². The summed E-state index contributed by atoms with van der Waals surface area (Å²) in [5, 5.41) is 8.45. The number of hydrogen-bond acceptors (Lipinski definition) is 1. The summed E-state index contributed by atoms with van der Waals surface area (Å²) in [6.45, 7) is 2.15. The molecule has 1 heteroatoms. The molecule has 1 atom stereocenters. The minimum absolute atomic E-state index is 0.0176. The van der Waals surface area contributed by atoms with Crippen molar-refractivity contribution in [3.8, 4) is 0 Å². The zero-order valence-electron chi connectivity index (χ0n) is 6.56. The number of aliphatic hydroxyl groups is 1. The Morgan fingerprint density at radius 1 is 1.38 bits per heavy atom. The van der Waals surface area contributed by atoms with Gasteiger partial charge in [0.1, 0.15) is 0 Å². The molecule has 0 spiro atoms. The van der Waals surface area contributed by atoms with Crippen molar-refractivity contribution < 1.29 is 6.48 Å². The van der Waals surface area contributed by atoms with Gasteiger partial charge < -0.3 is 5.11 Å². The third-order valence-corrected chi connectivity index (χ3v) is 1.14. The summed E-state index contributed by atoms with van der Waals surface area (Å²) in [5.41, 5.74) is 0. The minimum atomic E-state index is -0.239. The molecule has 0 amide bonds. The highest BCUT2D eigenvalue weighted by Gasteiger charge is 1.84. The normalized spacial score (nSPS) is 15.5. The Morgan fingerprint density at radius 3 is 2.62 bits per heavy atom. The molecule has 1 unspecified atom stereocenters. The van der Waals surface area contributed by atoms with Gasteiger partial charge in [-0.1, -0.05) is 32.6 Å². The van der Waals surface area contributed by atoms with E-state index in [1.54, 1.807) is 0 Å². The van der Waals surface area contributed by atoms with Crippen LogP contribution in [0.2, 0.25) is 0 Å². The van der Waals surface area contributed by atoms with E-state index in [0.29, 0.717) is 0 Å². The average molecular weight is 117 g/mol. The second kappa shape index (κ2) is 6.96. The lowest BCUT2D eigenvalue weighted by Gasteiger charge is -1.93. The van der Waals surface area contributed by atoms with E-state index in [1.165, 1.54) is 12.8 Å². The summed E-state index contributed by atoms with van der Waals surface area (Å²) in [6, 6.07) is 0. The molecule has 0 saturated carbocycles. The van der Waals surface area contributed by atoms with E-state index in [0.717, 1.165) is 12.8 Å². The summed E-state index contributed by atoms with van der Waals surface area (Å²) in [5.74, 6) is 0. The number of rotatable bonds is 5. The van der Waals surface area contributed by atoms with Crippen molar-refractivity contribution in [3.63, 3.8) is 0 Å². The van der Waals surface area contributed by atoms with Gasteiger partial charge in [0.15, 0.2) is 0 Å². The maximum absolute atomic E-state index is 8.45. The van der Waals surface area contributed by atoms with Crippen molar-refractivity contribution in [3.05, 3.63) is 0 Å². The molecule has 0 fully saturated rings. The van der Waals surface area contributed by atoms with Gasteiger partial charge in [-0.05, 0) is 6.40 Å². The molecule has 0 aromatic heterocycles. The average Bonchev–Trinajstić information content (AvgIpc) is 1.89. The first-order chi connectivity index (χ1) is 4.31. The monoisotopic (exact) mass is 117 g/mol. The smallest absolute Gasteiger partial charge is 0.0431 e. The van der Waals surface area contributed by atoms with Crippen molar-refractivity contribution in [2.45, 2.75) is 39.0 Å². The van der Waals surface area contributed by atoms with Gasteiger partial charge in [0, 0.05) is 7.98 Å². The molecule has 1 N–H and O–H groups in total. The molecule has 0 radical (unpaired) electrons. The SMILES string of the molecule is [2H]C(CO)CCCCC. The molecular formula is C7H16O. The van der Waals surface area contributed by atoms with Crippen LogP contribution in [0.4, 0.5) is 0 Å². The van der Waals surface area contributed by atoms with Crippen LogP contribution in [0.15, 0.2) is 0 Å². The largest absolute Gasteiger partial charge is 0.396 e. The first kappa shape index (κ1) is 6.09. The Balaban J connectivity index is 2.88. The fourth-order valence-electron chi connectivity index (χ4n) is 0.630. The summed E-state index contributed by atoms with van der Waals surface area (Å²) in [4.78, 5) is 0. The van der Waals surface area contributed by atoms with Crippen molar-refractivity contribution in [2.75, 3.05) is 6.61 Å². The van der Waals surface area contributed by atoms with Gasteiger partial charge in [-0.15, -0.1) is 0 Å². The summed E-state index contributed by atoms with van der Waals surface area (Å²) >= 11 is 0. The van der Waals surface area contributed by atoms with Gasteiger partial charge in [0.25, 0.3) is 0 Å². The zero-order chi connectivity index (χ0) is 7.11. The highest BCUT2D eigenvalue weighted by Crippen LogP contribution is 2.00. The standard InChI is InChI=1S/C7H16O/c1-2-3-4-5-6-7-8/h8H,2-7H2,1H3/i6D. The van der Waals surface area contributed by atoms with Crippen LogP contribution in [0.1, 0.15) is 40.4 Å². The first-order valence-corrected chi connectivity index (χ1v) is 3.34. The number of hydrogen-bond donors (Lipinski definition) is 1. The lowest BCUT2D eigenvalue weighted by Crippen LogP contribution is -1.81. The molecule has 1 nitrogen and oxygen atoms in total. The van der Waals surface area contributed by atoms with Crippen LogP contribution in [0.25, 0.3) is 0 Å². The van der Waals surface area contributed by atoms with Gasteiger partial charge >= 0.3 is 0 Å². The van der Waals surface area contributed by atoms with E-state index in [2.05, 4.69) is 6.92 Å². The second-order valence-corrected chi connectivity index (χ2v) is 1.97. The van der Waals surface area contributed by atoms with Crippen molar-refractivity contribution >= 4 is 0 Å². The lowest BCUT2D eigenvalue weighted by atomic mass is 10.2. The predicted octanol–water partition coefficient (Wildman–Crippen LogP) is 1.95. The van der Waals surface area contributed by atoms with E-state index in [4.69, 9.17) is 6.48 Å². The van der Waals surface area contributed by atoms with Crippen LogP contribution in [-0.2, 0) is 0 Å². The van der Waals surface area contributed by atoms with Gasteiger partial charge in [-0.3, -0.25) is 0 Å². The van der Waals surface area contributed by atoms with Crippen molar-refractivity contribution in [1.82, 2.24) is 0 Å². The Morgan fingerprint density at radius 2 is 2.12 bits per heavy atom. The molecule has 0 aliphatic carbocycles. The molecule has 0 saturated heterocycles. The minimum Gasteiger partial charge on any atom is -0.396 e. The molecule has 0 aliphatic heterocycles. The van der Waals surface area contributed by atoms with E-state index in [1.807, 2.05) is 0 Å². The van der Waals surface area contributed by atoms with Crippen molar-refractivity contribution in [2.24, 2.45) is 0 Å². The maximum atomic E-state index is 8.45. The van der Waals surface area contributed by atoms with Gasteiger partial charge in [-0.25, -0.2) is 0 Å². The molecule has 50 valence electrons. The lowest BCUT2D eigenvalue weighted by molar-refractivity contribution is 0.282. The Hall–Kier alpha value is -0.0400. The summed E-state index contributed by atoms with van der Waals surface area (Å²) in [6.07, 6.45) is 4.08. The number of unbranched alkanes of at least 4 members (excludes halogenated alkanes) is 2. The van der Waals surface area contributed by atoms with Crippen LogP contribution >= 0.6 is 0 Å². The third kappa shape index (κ3) is 5.96. The Bertz CT molecular complexity index is 56.9. The van der Waals surface area contributed by atoms with Crippen molar-refractivity contribution in [1.29, 1.82) is 0 Å². The van der Waals surface area contributed by atoms with Crippen LogP contribution in [0.3, 0.4) is 0 Å². The van der Waals surface area contributed by atoms with E-state index in [-0.39, 0.29) is 13.0 Å². The molecular weight excluding hydrogens is 100 g/mol. The van der Waals surface area contributed by atoms with E-state index < -0.39 is 0 Å². The highest BCUT2D eigenvalue weighted by molar-refractivity contribution is 4.39. The molecule has 8 heavy (non-hydrogen) atoms. The molecule has 0 bridgehead atoms. The summed E-state index contributed by atoms with van der Waals surface area (Å²) in [7, 11) is 0. The van der Waals surface area contributed by atoms with Gasteiger partial charge in [0.2, 0.25) is 0 Å². The third-order valence-electron chi connectivity index (χ3n) is 1.14. The van der Waals surface area contributed by atoms with Crippen LogP contribution < -0.4 is 0 Å². The van der Waals surface area contributed by atoms with Crippen LogP contribution in [-0.4, -0.2) is 11.7 Å². The Labute approximate surface area is 53.1 Å². The van der Waals surface area contributed by atoms with E-state index in [9.17, 15) is 0 Å². The van der Waals surface area contributed by atoms with Gasteiger partial charge in [0.05, 0.1) is 0 Å². The van der Waals surface area contributed by atoms with E-state index >= 15 is 0 Å². The predicted molar refractivity (Wildman–Crippen MR) is 35.8 cm³/mol. The number of aliphatic hydroxyl groups excluding tert-OH is 1.